The van der Waals surface area contributed by atoms with E-state index in [4.69, 9.17) is 9.47 Å². The van der Waals surface area contributed by atoms with Crippen LogP contribution in [0.5, 0.6) is 0 Å². The van der Waals surface area contributed by atoms with E-state index in [0.29, 0.717) is 19.6 Å². The minimum atomic E-state index is -0.0753. The standard InChI is InChI=1S/C21H42O3/c1-3-5-7-9-10-11-12-13-14-16-18-23-19-20-24-21(22)17-15-8-6-4-2/h3-20H2,1-2H3. The molecule has 0 spiro atoms. The molecule has 0 bridgehead atoms. The maximum atomic E-state index is 11.4. The van der Waals surface area contributed by atoms with Crippen LogP contribution in [0, 0.1) is 0 Å². The first-order valence-electron chi connectivity index (χ1n) is 10.5. The van der Waals surface area contributed by atoms with E-state index >= 15 is 0 Å². The minimum absolute atomic E-state index is 0.0753. The summed E-state index contributed by atoms with van der Waals surface area (Å²) in [6, 6.07) is 0. The molecule has 24 heavy (non-hydrogen) atoms. The maximum absolute atomic E-state index is 11.4. The molecule has 0 saturated carbocycles. The molecule has 3 nitrogen and oxygen atoms in total. The van der Waals surface area contributed by atoms with Gasteiger partial charge < -0.3 is 9.47 Å². The van der Waals surface area contributed by atoms with Crippen molar-refractivity contribution in [1.82, 2.24) is 0 Å². The third-order valence-corrected chi connectivity index (χ3v) is 4.37. The first kappa shape index (κ1) is 23.4. The Hall–Kier alpha value is -0.570. The Balaban J connectivity index is 3.08. The predicted octanol–water partition coefficient (Wildman–Crippen LogP) is 6.44. The number of hydrogen-bond donors (Lipinski definition) is 0. The summed E-state index contributed by atoms with van der Waals surface area (Å²) >= 11 is 0. The summed E-state index contributed by atoms with van der Waals surface area (Å²) in [5, 5.41) is 0. The fraction of sp³-hybridized carbons (Fsp3) is 0.952. The number of esters is 1. The molecule has 0 rings (SSSR count). The first-order chi connectivity index (χ1) is 11.8. The predicted molar refractivity (Wildman–Crippen MR) is 102 cm³/mol. The number of unbranched alkanes of at least 4 members (excludes halogenated alkanes) is 12. The molecule has 0 aliphatic carbocycles. The van der Waals surface area contributed by atoms with Gasteiger partial charge in [-0.2, -0.15) is 0 Å². The monoisotopic (exact) mass is 342 g/mol. The van der Waals surface area contributed by atoms with Crippen LogP contribution in [-0.4, -0.2) is 25.8 Å². The molecule has 0 aromatic carbocycles. The van der Waals surface area contributed by atoms with Crippen molar-refractivity contribution in [3.8, 4) is 0 Å². The third kappa shape index (κ3) is 19.5. The molecule has 0 heterocycles. The molecule has 0 aliphatic rings. The zero-order valence-corrected chi connectivity index (χ0v) is 16.5. The second-order valence-corrected chi connectivity index (χ2v) is 6.83. The van der Waals surface area contributed by atoms with Crippen LogP contribution < -0.4 is 0 Å². The van der Waals surface area contributed by atoms with Crippen LogP contribution in [0.4, 0.5) is 0 Å². The Labute approximate surface area is 150 Å². The van der Waals surface area contributed by atoms with Crippen molar-refractivity contribution >= 4 is 5.97 Å². The van der Waals surface area contributed by atoms with Crippen molar-refractivity contribution in [3.63, 3.8) is 0 Å². The minimum Gasteiger partial charge on any atom is -0.463 e. The lowest BCUT2D eigenvalue weighted by Crippen LogP contribution is -2.10. The maximum Gasteiger partial charge on any atom is 0.305 e. The van der Waals surface area contributed by atoms with E-state index in [1.54, 1.807) is 0 Å². The van der Waals surface area contributed by atoms with Crippen molar-refractivity contribution in [1.29, 1.82) is 0 Å². The first-order valence-corrected chi connectivity index (χ1v) is 10.5. The molecular weight excluding hydrogens is 300 g/mol. The van der Waals surface area contributed by atoms with Gasteiger partial charge in [-0.25, -0.2) is 0 Å². The molecule has 0 N–H and O–H groups in total. The molecule has 0 saturated heterocycles. The Kier molecular flexibility index (Phi) is 20.0. The molecule has 0 amide bonds. The van der Waals surface area contributed by atoms with Crippen LogP contribution in [0.3, 0.4) is 0 Å². The van der Waals surface area contributed by atoms with E-state index in [2.05, 4.69) is 13.8 Å². The van der Waals surface area contributed by atoms with Crippen LogP contribution in [0.15, 0.2) is 0 Å². The summed E-state index contributed by atoms with van der Waals surface area (Å²) in [7, 11) is 0. The Bertz CT molecular complexity index is 253. The normalized spacial score (nSPS) is 10.9. The number of ether oxygens (including phenoxy) is 2. The van der Waals surface area contributed by atoms with E-state index in [9.17, 15) is 4.79 Å². The lowest BCUT2D eigenvalue weighted by molar-refractivity contribution is -0.145. The zero-order valence-electron chi connectivity index (χ0n) is 16.5. The van der Waals surface area contributed by atoms with E-state index < -0.39 is 0 Å². The van der Waals surface area contributed by atoms with Crippen LogP contribution in [0.1, 0.15) is 110 Å². The third-order valence-electron chi connectivity index (χ3n) is 4.37. The molecule has 0 aliphatic heterocycles. The quantitative estimate of drug-likeness (QED) is 0.200. The van der Waals surface area contributed by atoms with Gasteiger partial charge in [-0.15, -0.1) is 0 Å². The van der Waals surface area contributed by atoms with Gasteiger partial charge in [0.2, 0.25) is 0 Å². The highest BCUT2D eigenvalue weighted by Crippen LogP contribution is 2.10. The largest absolute Gasteiger partial charge is 0.463 e. The summed E-state index contributed by atoms with van der Waals surface area (Å²) in [6.45, 7) is 6.18. The number of carbonyl (C=O) groups is 1. The highest BCUT2D eigenvalue weighted by atomic mass is 16.6. The average molecular weight is 343 g/mol. The smallest absolute Gasteiger partial charge is 0.305 e. The fourth-order valence-electron chi connectivity index (χ4n) is 2.78. The average Bonchev–Trinajstić information content (AvgIpc) is 2.59. The Morgan fingerprint density at radius 2 is 1.08 bits per heavy atom. The van der Waals surface area contributed by atoms with E-state index in [1.807, 2.05) is 0 Å². The Morgan fingerprint density at radius 3 is 1.67 bits per heavy atom. The Morgan fingerprint density at radius 1 is 0.583 bits per heavy atom. The molecule has 144 valence electrons. The van der Waals surface area contributed by atoms with E-state index in [1.165, 1.54) is 70.6 Å². The van der Waals surface area contributed by atoms with Crippen molar-refractivity contribution in [2.45, 2.75) is 110 Å². The summed E-state index contributed by atoms with van der Waals surface area (Å²) < 4.78 is 10.7. The van der Waals surface area contributed by atoms with Crippen molar-refractivity contribution in [2.24, 2.45) is 0 Å². The van der Waals surface area contributed by atoms with Crippen molar-refractivity contribution in [2.75, 3.05) is 19.8 Å². The summed E-state index contributed by atoms with van der Waals surface area (Å²) in [4.78, 5) is 11.4. The van der Waals surface area contributed by atoms with Crippen molar-refractivity contribution < 1.29 is 14.3 Å². The second kappa shape index (κ2) is 20.5. The van der Waals surface area contributed by atoms with Gasteiger partial charge in [-0.05, 0) is 12.8 Å². The van der Waals surface area contributed by atoms with Gasteiger partial charge in [0.15, 0.2) is 0 Å². The van der Waals surface area contributed by atoms with E-state index in [0.717, 1.165) is 25.9 Å². The van der Waals surface area contributed by atoms with Gasteiger partial charge in [-0.1, -0.05) is 90.9 Å². The highest BCUT2D eigenvalue weighted by molar-refractivity contribution is 5.69. The molecular formula is C21H42O3. The van der Waals surface area contributed by atoms with Gasteiger partial charge in [-0.3, -0.25) is 4.79 Å². The van der Waals surface area contributed by atoms with Gasteiger partial charge in [0.1, 0.15) is 6.61 Å². The number of hydrogen-bond acceptors (Lipinski definition) is 3. The fourth-order valence-corrected chi connectivity index (χ4v) is 2.78. The number of rotatable bonds is 19. The molecule has 0 unspecified atom stereocenters. The van der Waals surface area contributed by atoms with E-state index in [-0.39, 0.29) is 5.97 Å². The molecule has 0 radical (unpaired) electrons. The lowest BCUT2D eigenvalue weighted by Gasteiger charge is -2.06. The number of carbonyl (C=O) groups excluding carboxylic acids is 1. The SMILES string of the molecule is CCCCCCCCCCCCOCCOC(=O)CCCCCC. The summed E-state index contributed by atoms with van der Waals surface area (Å²) in [6.07, 6.45) is 18.4. The van der Waals surface area contributed by atoms with Crippen LogP contribution in [0.25, 0.3) is 0 Å². The topological polar surface area (TPSA) is 35.5 Å². The summed E-state index contributed by atoms with van der Waals surface area (Å²) in [5.74, 6) is -0.0753. The molecule has 0 fully saturated rings. The molecule has 0 aromatic heterocycles. The highest BCUT2D eigenvalue weighted by Gasteiger charge is 2.02. The molecule has 3 heteroatoms. The molecule has 0 atom stereocenters. The second-order valence-electron chi connectivity index (χ2n) is 6.83. The summed E-state index contributed by atoms with van der Waals surface area (Å²) in [5.41, 5.74) is 0. The van der Waals surface area contributed by atoms with Crippen molar-refractivity contribution in [3.05, 3.63) is 0 Å². The lowest BCUT2D eigenvalue weighted by atomic mass is 10.1. The van der Waals surface area contributed by atoms with Gasteiger partial charge >= 0.3 is 5.97 Å². The zero-order chi connectivity index (χ0) is 17.7. The van der Waals surface area contributed by atoms with Gasteiger partial charge in [0, 0.05) is 13.0 Å². The van der Waals surface area contributed by atoms with Crippen LogP contribution >= 0.6 is 0 Å². The van der Waals surface area contributed by atoms with Crippen LogP contribution in [-0.2, 0) is 14.3 Å². The van der Waals surface area contributed by atoms with Gasteiger partial charge in [0.25, 0.3) is 0 Å². The van der Waals surface area contributed by atoms with Gasteiger partial charge in [0.05, 0.1) is 6.61 Å². The van der Waals surface area contributed by atoms with Crippen LogP contribution in [0.2, 0.25) is 0 Å². The molecule has 0 aromatic rings.